The van der Waals surface area contributed by atoms with Crippen LogP contribution in [-0.2, 0) is 14.8 Å². The SMILES string of the molecule is CCCSc1nnc(NC(=O)[C@@H](C)N(c2ccc(OC)c(Cl)c2)S(C)(=O)=O)s1. The zero-order chi connectivity index (χ0) is 20.9. The average molecular weight is 465 g/mol. The molecule has 1 heterocycles. The predicted molar refractivity (Wildman–Crippen MR) is 114 cm³/mol. The van der Waals surface area contributed by atoms with Crippen LogP contribution in [0.3, 0.4) is 0 Å². The summed E-state index contributed by atoms with van der Waals surface area (Å²) >= 11 is 8.91. The first-order chi connectivity index (χ1) is 13.2. The molecule has 154 valence electrons. The molecule has 28 heavy (non-hydrogen) atoms. The van der Waals surface area contributed by atoms with E-state index in [9.17, 15) is 13.2 Å². The Morgan fingerprint density at radius 2 is 2.14 bits per heavy atom. The number of halogens is 1. The molecule has 0 fully saturated rings. The average Bonchev–Trinajstić information content (AvgIpc) is 3.06. The maximum absolute atomic E-state index is 12.7. The molecule has 1 amide bonds. The second-order valence-corrected chi connectivity index (χ2v) is 10.4. The van der Waals surface area contributed by atoms with E-state index < -0.39 is 22.0 Å². The summed E-state index contributed by atoms with van der Waals surface area (Å²) in [6.45, 7) is 3.55. The van der Waals surface area contributed by atoms with Gasteiger partial charge in [-0.1, -0.05) is 41.6 Å². The molecular formula is C16H21ClN4O4S3. The van der Waals surface area contributed by atoms with Gasteiger partial charge in [-0.25, -0.2) is 8.42 Å². The third kappa shape index (κ3) is 5.72. The van der Waals surface area contributed by atoms with Crippen LogP contribution in [0.4, 0.5) is 10.8 Å². The predicted octanol–water partition coefficient (Wildman–Crippen LogP) is 3.50. The van der Waals surface area contributed by atoms with Crippen molar-refractivity contribution >= 4 is 61.4 Å². The van der Waals surface area contributed by atoms with Crippen LogP contribution in [0.25, 0.3) is 0 Å². The summed E-state index contributed by atoms with van der Waals surface area (Å²) in [6.07, 6.45) is 2.02. The molecule has 1 aromatic heterocycles. The molecule has 0 saturated carbocycles. The molecule has 0 spiro atoms. The van der Waals surface area contributed by atoms with E-state index >= 15 is 0 Å². The van der Waals surface area contributed by atoms with Crippen molar-refractivity contribution in [3.63, 3.8) is 0 Å². The van der Waals surface area contributed by atoms with Gasteiger partial charge in [0.25, 0.3) is 0 Å². The fourth-order valence-electron chi connectivity index (χ4n) is 2.32. The van der Waals surface area contributed by atoms with E-state index in [0.717, 1.165) is 27.1 Å². The van der Waals surface area contributed by atoms with Gasteiger partial charge in [0.1, 0.15) is 11.8 Å². The Kier molecular flexibility index (Phi) is 7.93. The van der Waals surface area contributed by atoms with Crippen LogP contribution in [0.1, 0.15) is 20.3 Å². The van der Waals surface area contributed by atoms with Crippen molar-refractivity contribution in [1.82, 2.24) is 10.2 Å². The second-order valence-electron chi connectivity index (χ2n) is 5.76. The minimum atomic E-state index is -3.76. The van der Waals surface area contributed by atoms with Crippen molar-refractivity contribution in [3.05, 3.63) is 23.2 Å². The number of sulfonamides is 1. The van der Waals surface area contributed by atoms with Gasteiger partial charge in [-0.05, 0) is 31.5 Å². The first kappa shape index (κ1) is 22.7. The van der Waals surface area contributed by atoms with E-state index in [2.05, 4.69) is 22.4 Å². The molecule has 0 aliphatic carbocycles. The largest absolute Gasteiger partial charge is 0.495 e. The van der Waals surface area contributed by atoms with Gasteiger partial charge in [0, 0.05) is 5.75 Å². The Balaban J connectivity index is 2.23. The number of nitrogens with zero attached hydrogens (tertiary/aromatic N) is 3. The number of benzene rings is 1. The molecule has 0 aliphatic rings. The third-order valence-corrected chi connectivity index (χ3v) is 7.26. The quantitative estimate of drug-likeness (QED) is 0.447. The minimum absolute atomic E-state index is 0.239. The lowest BCUT2D eigenvalue weighted by Gasteiger charge is -2.28. The monoisotopic (exact) mass is 464 g/mol. The van der Waals surface area contributed by atoms with Crippen LogP contribution >= 0.6 is 34.7 Å². The molecule has 0 bridgehead atoms. The molecule has 0 saturated heterocycles. The molecule has 1 atom stereocenters. The molecular weight excluding hydrogens is 444 g/mol. The number of hydrogen-bond donors (Lipinski definition) is 1. The highest BCUT2D eigenvalue weighted by Gasteiger charge is 2.30. The number of anilines is 2. The fraction of sp³-hybridized carbons (Fsp3) is 0.438. The number of methoxy groups -OCH3 is 1. The first-order valence-corrected chi connectivity index (χ1v) is 12.3. The second kappa shape index (κ2) is 9.77. The van der Waals surface area contributed by atoms with E-state index in [1.807, 2.05) is 0 Å². The summed E-state index contributed by atoms with van der Waals surface area (Å²) in [5.74, 6) is 0.779. The standard InChI is InChI=1S/C16H21ClN4O4S3/c1-5-8-26-16-20-19-15(27-16)18-14(22)10(2)21(28(4,23)24)11-6-7-13(25-3)12(17)9-11/h6-7,9-10H,5,8H2,1-4H3,(H,18,19,22)/t10-/m1/s1. The van der Waals surface area contributed by atoms with E-state index in [-0.39, 0.29) is 10.7 Å². The van der Waals surface area contributed by atoms with Gasteiger partial charge in [-0.3, -0.25) is 14.4 Å². The smallest absolute Gasteiger partial charge is 0.249 e. The zero-order valence-corrected chi connectivity index (χ0v) is 19.0. The number of thioether (sulfide) groups is 1. The first-order valence-electron chi connectivity index (χ1n) is 8.27. The Morgan fingerprint density at radius 1 is 1.43 bits per heavy atom. The van der Waals surface area contributed by atoms with E-state index in [0.29, 0.717) is 10.9 Å². The minimum Gasteiger partial charge on any atom is -0.495 e. The molecule has 1 aromatic carbocycles. The molecule has 12 heteroatoms. The highest BCUT2D eigenvalue weighted by atomic mass is 35.5. The Hall–Kier alpha value is -1.56. The van der Waals surface area contributed by atoms with Crippen molar-refractivity contribution in [3.8, 4) is 5.75 Å². The summed E-state index contributed by atoms with van der Waals surface area (Å²) in [5.41, 5.74) is 0.257. The number of carbonyl (C=O) groups excluding carboxylic acids is 1. The van der Waals surface area contributed by atoms with Crippen LogP contribution in [0.15, 0.2) is 22.5 Å². The lowest BCUT2D eigenvalue weighted by molar-refractivity contribution is -0.116. The highest BCUT2D eigenvalue weighted by Crippen LogP contribution is 2.32. The number of nitrogens with one attached hydrogen (secondary N) is 1. The van der Waals surface area contributed by atoms with E-state index in [1.54, 1.807) is 17.8 Å². The number of rotatable bonds is 9. The molecule has 2 aromatic rings. The van der Waals surface area contributed by atoms with Crippen molar-refractivity contribution in [1.29, 1.82) is 0 Å². The molecule has 1 N–H and O–H groups in total. The number of hydrogen-bond acceptors (Lipinski definition) is 8. The lowest BCUT2D eigenvalue weighted by Crippen LogP contribution is -2.45. The zero-order valence-electron chi connectivity index (χ0n) is 15.8. The van der Waals surface area contributed by atoms with Gasteiger partial charge in [0.2, 0.25) is 21.1 Å². The fourth-order valence-corrected chi connectivity index (χ4v) is 5.42. The van der Waals surface area contributed by atoms with Gasteiger partial charge in [-0.2, -0.15) is 0 Å². The molecule has 0 unspecified atom stereocenters. The maximum atomic E-state index is 12.7. The van der Waals surface area contributed by atoms with Crippen molar-refractivity contribution in [2.24, 2.45) is 0 Å². The summed E-state index contributed by atoms with van der Waals surface area (Å²) < 4.78 is 31.6. The number of amides is 1. The van der Waals surface area contributed by atoms with Crippen LogP contribution in [0, 0.1) is 0 Å². The van der Waals surface area contributed by atoms with E-state index in [1.165, 1.54) is 37.5 Å². The molecule has 0 radical (unpaired) electrons. The van der Waals surface area contributed by atoms with Gasteiger partial charge in [0.05, 0.1) is 24.1 Å². The topological polar surface area (TPSA) is 101 Å². The number of ether oxygens (including phenoxy) is 1. The van der Waals surface area contributed by atoms with Crippen molar-refractivity contribution in [2.75, 3.05) is 28.7 Å². The summed E-state index contributed by atoms with van der Waals surface area (Å²) in [7, 11) is -2.30. The van der Waals surface area contributed by atoms with Crippen LogP contribution in [0.2, 0.25) is 5.02 Å². The Labute approximate surface area is 177 Å². The molecule has 2 rings (SSSR count). The van der Waals surface area contributed by atoms with Crippen LogP contribution in [0.5, 0.6) is 5.75 Å². The molecule has 0 aliphatic heterocycles. The lowest BCUT2D eigenvalue weighted by atomic mass is 10.2. The number of aromatic nitrogens is 2. The maximum Gasteiger partial charge on any atom is 0.249 e. The van der Waals surface area contributed by atoms with Gasteiger partial charge in [0.15, 0.2) is 4.34 Å². The van der Waals surface area contributed by atoms with Crippen molar-refractivity contribution in [2.45, 2.75) is 30.6 Å². The van der Waals surface area contributed by atoms with Gasteiger partial charge < -0.3 is 4.74 Å². The Morgan fingerprint density at radius 3 is 2.71 bits per heavy atom. The highest BCUT2D eigenvalue weighted by molar-refractivity contribution is 8.01. The van der Waals surface area contributed by atoms with E-state index in [4.69, 9.17) is 16.3 Å². The summed E-state index contributed by atoms with van der Waals surface area (Å²) in [4.78, 5) is 12.7. The summed E-state index contributed by atoms with van der Waals surface area (Å²) in [5, 5.41) is 11.1. The number of carbonyl (C=O) groups is 1. The van der Waals surface area contributed by atoms with Gasteiger partial charge in [-0.15, -0.1) is 10.2 Å². The third-order valence-electron chi connectivity index (χ3n) is 3.54. The normalized spacial score (nSPS) is 12.5. The molecule has 8 nitrogen and oxygen atoms in total. The van der Waals surface area contributed by atoms with Crippen molar-refractivity contribution < 1.29 is 17.9 Å². The Bertz CT molecular complexity index is 936. The van der Waals surface area contributed by atoms with Crippen LogP contribution < -0.4 is 14.4 Å². The van der Waals surface area contributed by atoms with Crippen LogP contribution in [-0.4, -0.2) is 49.7 Å². The van der Waals surface area contributed by atoms with Gasteiger partial charge >= 0.3 is 0 Å². The summed E-state index contributed by atoms with van der Waals surface area (Å²) in [6, 6.07) is 3.48.